The fourth-order valence-corrected chi connectivity index (χ4v) is 2.93. The first kappa shape index (κ1) is 15.3. The molecule has 0 radical (unpaired) electrons. The van der Waals surface area contributed by atoms with Crippen LogP contribution in [0.4, 0.5) is 5.69 Å². The number of piperidine rings is 1. The molecule has 0 amide bonds. The van der Waals surface area contributed by atoms with Crippen molar-refractivity contribution in [3.05, 3.63) is 29.8 Å². The van der Waals surface area contributed by atoms with E-state index in [1.807, 2.05) is 0 Å². The summed E-state index contributed by atoms with van der Waals surface area (Å²) in [5, 5.41) is 3.79. The lowest BCUT2D eigenvalue weighted by molar-refractivity contribution is 0.200. The third-order valence-electron chi connectivity index (χ3n) is 4.43. The molecular formula is C17H29N3. The van der Waals surface area contributed by atoms with Gasteiger partial charge in [0.15, 0.2) is 0 Å². The van der Waals surface area contributed by atoms with E-state index < -0.39 is 0 Å². The lowest BCUT2D eigenvalue weighted by atomic mass is 10.0. The number of nitrogens with one attached hydrogen (secondary N) is 1. The van der Waals surface area contributed by atoms with Crippen LogP contribution in [-0.4, -0.2) is 44.7 Å². The minimum Gasteiger partial charge on any atom is -0.378 e. The minimum absolute atomic E-state index is 0.435. The Balaban J connectivity index is 1.87. The van der Waals surface area contributed by atoms with Crippen LogP contribution in [0.1, 0.15) is 38.3 Å². The van der Waals surface area contributed by atoms with Gasteiger partial charge in [-0.2, -0.15) is 0 Å². The van der Waals surface area contributed by atoms with Crippen LogP contribution in [0.5, 0.6) is 0 Å². The number of nitrogens with zero attached hydrogens (tertiary/aromatic N) is 2. The van der Waals surface area contributed by atoms with E-state index >= 15 is 0 Å². The Morgan fingerprint density at radius 1 is 1.20 bits per heavy atom. The van der Waals surface area contributed by atoms with E-state index in [1.54, 1.807) is 0 Å². The van der Waals surface area contributed by atoms with Gasteiger partial charge >= 0.3 is 0 Å². The van der Waals surface area contributed by atoms with Crippen LogP contribution < -0.4 is 10.2 Å². The van der Waals surface area contributed by atoms with E-state index in [9.17, 15) is 0 Å². The van der Waals surface area contributed by atoms with Crippen LogP contribution in [0.15, 0.2) is 24.3 Å². The van der Waals surface area contributed by atoms with Gasteiger partial charge in [-0.25, -0.2) is 0 Å². The normalized spacial score (nSPS) is 19.0. The molecule has 0 aromatic heterocycles. The van der Waals surface area contributed by atoms with Crippen molar-refractivity contribution in [3.63, 3.8) is 0 Å². The first-order valence-electron chi connectivity index (χ1n) is 7.86. The van der Waals surface area contributed by atoms with Gasteiger partial charge in [-0.3, -0.25) is 0 Å². The summed E-state index contributed by atoms with van der Waals surface area (Å²) in [6.07, 6.45) is 2.54. The first-order chi connectivity index (χ1) is 9.60. The van der Waals surface area contributed by atoms with E-state index in [0.29, 0.717) is 12.1 Å². The van der Waals surface area contributed by atoms with E-state index in [1.165, 1.54) is 43.7 Å². The van der Waals surface area contributed by atoms with Crippen molar-refractivity contribution < 1.29 is 0 Å². The van der Waals surface area contributed by atoms with Crippen molar-refractivity contribution in [2.24, 2.45) is 0 Å². The topological polar surface area (TPSA) is 18.5 Å². The number of anilines is 1. The summed E-state index contributed by atoms with van der Waals surface area (Å²) in [4.78, 5) is 4.68. The lowest BCUT2D eigenvalue weighted by Crippen LogP contribution is -2.43. The molecule has 1 heterocycles. The number of hydrogen-bond acceptors (Lipinski definition) is 3. The van der Waals surface area contributed by atoms with Crippen molar-refractivity contribution in [2.75, 3.05) is 38.6 Å². The van der Waals surface area contributed by atoms with Crippen molar-refractivity contribution in [1.29, 1.82) is 0 Å². The van der Waals surface area contributed by atoms with Crippen molar-refractivity contribution in [1.82, 2.24) is 10.2 Å². The fraction of sp³-hybridized carbons (Fsp3) is 0.647. The van der Waals surface area contributed by atoms with E-state index in [4.69, 9.17) is 0 Å². The van der Waals surface area contributed by atoms with Crippen LogP contribution in [0.2, 0.25) is 0 Å². The third kappa shape index (κ3) is 3.97. The van der Waals surface area contributed by atoms with Crippen molar-refractivity contribution in [2.45, 2.75) is 38.8 Å². The molecule has 2 rings (SSSR count). The molecular weight excluding hydrogens is 246 g/mol. The van der Waals surface area contributed by atoms with Crippen LogP contribution >= 0.6 is 0 Å². The molecule has 1 N–H and O–H groups in total. The van der Waals surface area contributed by atoms with Gasteiger partial charge in [-0.15, -0.1) is 0 Å². The molecule has 1 unspecified atom stereocenters. The molecule has 1 saturated heterocycles. The molecule has 0 aliphatic carbocycles. The molecule has 112 valence electrons. The predicted molar refractivity (Wildman–Crippen MR) is 87.5 cm³/mol. The molecule has 20 heavy (non-hydrogen) atoms. The zero-order chi connectivity index (χ0) is 14.5. The second-order valence-corrected chi connectivity index (χ2v) is 6.08. The Kier molecular flexibility index (Phi) is 5.44. The standard InChI is InChI=1S/C17H29N3/c1-5-20-12-10-16(11-13-20)18-14(2)15-6-8-17(9-7-15)19(3)4/h6-9,14,16,18H,5,10-13H2,1-4H3. The second kappa shape index (κ2) is 7.09. The molecule has 3 nitrogen and oxygen atoms in total. The summed E-state index contributed by atoms with van der Waals surface area (Å²) >= 11 is 0. The quantitative estimate of drug-likeness (QED) is 0.891. The van der Waals surface area contributed by atoms with Crippen LogP contribution in [0.25, 0.3) is 0 Å². The largest absolute Gasteiger partial charge is 0.378 e. The summed E-state index contributed by atoms with van der Waals surface area (Å²) in [7, 11) is 4.16. The average Bonchev–Trinajstić information content (AvgIpc) is 2.48. The summed E-state index contributed by atoms with van der Waals surface area (Å²) in [5.41, 5.74) is 2.64. The monoisotopic (exact) mass is 275 g/mol. The Morgan fingerprint density at radius 3 is 2.30 bits per heavy atom. The molecule has 1 aromatic rings. The zero-order valence-electron chi connectivity index (χ0n) is 13.4. The fourth-order valence-electron chi connectivity index (χ4n) is 2.93. The van der Waals surface area contributed by atoms with Gasteiger partial charge in [0, 0.05) is 31.9 Å². The van der Waals surface area contributed by atoms with Crippen LogP contribution in [0, 0.1) is 0 Å². The summed E-state index contributed by atoms with van der Waals surface area (Å²) in [5.74, 6) is 0. The van der Waals surface area contributed by atoms with Gasteiger partial charge in [-0.1, -0.05) is 19.1 Å². The van der Waals surface area contributed by atoms with Crippen LogP contribution in [-0.2, 0) is 0 Å². The maximum atomic E-state index is 3.79. The number of hydrogen-bond donors (Lipinski definition) is 1. The van der Waals surface area contributed by atoms with Gasteiger partial charge in [0.05, 0.1) is 0 Å². The highest BCUT2D eigenvalue weighted by molar-refractivity contribution is 5.46. The third-order valence-corrected chi connectivity index (χ3v) is 4.43. The number of benzene rings is 1. The van der Waals surface area contributed by atoms with Crippen molar-refractivity contribution in [3.8, 4) is 0 Å². The van der Waals surface area contributed by atoms with E-state index in [2.05, 4.69) is 67.3 Å². The second-order valence-electron chi connectivity index (χ2n) is 6.08. The molecule has 0 bridgehead atoms. The van der Waals surface area contributed by atoms with Gasteiger partial charge < -0.3 is 15.1 Å². The molecule has 1 fully saturated rings. The highest BCUT2D eigenvalue weighted by Crippen LogP contribution is 2.20. The lowest BCUT2D eigenvalue weighted by Gasteiger charge is -2.33. The minimum atomic E-state index is 0.435. The number of likely N-dealkylation sites (tertiary alicyclic amines) is 1. The molecule has 3 heteroatoms. The Morgan fingerprint density at radius 2 is 1.80 bits per heavy atom. The Labute approximate surface area is 124 Å². The van der Waals surface area contributed by atoms with Crippen LogP contribution in [0.3, 0.4) is 0 Å². The highest BCUT2D eigenvalue weighted by Gasteiger charge is 2.19. The van der Waals surface area contributed by atoms with E-state index in [-0.39, 0.29) is 0 Å². The number of rotatable bonds is 5. The summed E-state index contributed by atoms with van der Waals surface area (Å²) < 4.78 is 0. The Bertz CT molecular complexity index is 391. The average molecular weight is 275 g/mol. The maximum absolute atomic E-state index is 3.79. The summed E-state index contributed by atoms with van der Waals surface area (Å²) in [6.45, 7) is 8.19. The van der Waals surface area contributed by atoms with Gasteiger partial charge in [0.1, 0.15) is 0 Å². The molecule has 0 saturated carbocycles. The van der Waals surface area contributed by atoms with Gasteiger partial charge in [0.2, 0.25) is 0 Å². The summed E-state index contributed by atoms with van der Waals surface area (Å²) in [6, 6.07) is 9.99. The first-order valence-corrected chi connectivity index (χ1v) is 7.86. The molecule has 0 spiro atoms. The van der Waals surface area contributed by atoms with Gasteiger partial charge in [0.25, 0.3) is 0 Å². The van der Waals surface area contributed by atoms with E-state index in [0.717, 1.165) is 0 Å². The SMILES string of the molecule is CCN1CCC(NC(C)c2ccc(N(C)C)cc2)CC1. The molecule has 1 aliphatic rings. The Hall–Kier alpha value is -1.06. The van der Waals surface area contributed by atoms with Gasteiger partial charge in [-0.05, 0) is 57.1 Å². The predicted octanol–water partition coefficient (Wildman–Crippen LogP) is 2.89. The molecule has 1 aromatic carbocycles. The molecule has 1 aliphatic heterocycles. The molecule has 1 atom stereocenters. The highest BCUT2D eigenvalue weighted by atomic mass is 15.1. The maximum Gasteiger partial charge on any atom is 0.0361 e. The van der Waals surface area contributed by atoms with Crippen molar-refractivity contribution >= 4 is 5.69 Å². The smallest absolute Gasteiger partial charge is 0.0361 e. The zero-order valence-corrected chi connectivity index (χ0v) is 13.4.